The number of benzene rings is 1. The molecule has 1 amide bonds. The highest BCUT2D eigenvalue weighted by molar-refractivity contribution is 7.99. The Kier molecular flexibility index (Phi) is 4.47. The summed E-state index contributed by atoms with van der Waals surface area (Å²) in [6.07, 6.45) is 1.03. The van der Waals surface area contributed by atoms with Gasteiger partial charge in [0.15, 0.2) is 0 Å². The molecule has 2 rings (SSSR count). The highest BCUT2D eigenvalue weighted by Crippen LogP contribution is 2.22. The zero-order valence-corrected chi connectivity index (χ0v) is 11.7. The van der Waals surface area contributed by atoms with Crippen molar-refractivity contribution in [3.05, 3.63) is 35.4 Å². The lowest BCUT2D eigenvalue weighted by Crippen LogP contribution is -2.41. The van der Waals surface area contributed by atoms with Gasteiger partial charge >= 0.3 is 5.97 Å². The first kappa shape index (κ1) is 13.9. The summed E-state index contributed by atoms with van der Waals surface area (Å²) in [5.74, 6) is 0.00241. The van der Waals surface area contributed by atoms with E-state index in [0.717, 1.165) is 5.56 Å². The van der Waals surface area contributed by atoms with E-state index in [1.807, 2.05) is 25.1 Å². The smallest absolute Gasteiger partial charge is 0.327 e. The van der Waals surface area contributed by atoms with E-state index in [-0.39, 0.29) is 5.91 Å². The largest absolute Gasteiger partial charge is 0.480 e. The number of amides is 1. The molecule has 0 saturated carbocycles. The summed E-state index contributed by atoms with van der Waals surface area (Å²) >= 11 is 1.50. The molecular weight excluding hydrogens is 262 g/mol. The van der Waals surface area contributed by atoms with E-state index >= 15 is 0 Å². The van der Waals surface area contributed by atoms with E-state index in [0.29, 0.717) is 24.5 Å². The van der Waals surface area contributed by atoms with E-state index in [1.54, 1.807) is 0 Å². The molecule has 0 aromatic heterocycles. The topological polar surface area (TPSA) is 57.6 Å². The molecule has 4 nitrogen and oxygen atoms in total. The monoisotopic (exact) mass is 279 g/mol. The molecule has 5 heteroatoms. The fraction of sp³-hybridized carbons (Fsp3) is 0.429. The fourth-order valence-corrected chi connectivity index (χ4v) is 3.33. The Morgan fingerprint density at radius 2 is 2.26 bits per heavy atom. The Bertz CT molecular complexity index is 489. The minimum absolute atomic E-state index is 0.0705. The van der Waals surface area contributed by atoms with Gasteiger partial charge in [-0.05, 0) is 18.9 Å². The molecule has 19 heavy (non-hydrogen) atoms. The predicted octanol–water partition coefficient (Wildman–Crippen LogP) is 1.91. The highest BCUT2D eigenvalue weighted by atomic mass is 32.2. The van der Waals surface area contributed by atoms with Gasteiger partial charge in [0.25, 0.3) is 0 Å². The number of carbonyl (C=O) groups is 2. The molecule has 1 aromatic carbocycles. The van der Waals surface area contributed by atoms with E-state index in [4.69, 9.17) is 5.11 Å². The maximum Gasteiger partial charge on any atom is 0.327 e. The van der Waals surface area contributed by atoms with Crippen LogP contribution in [0.25, 0.3) is 0 Å². The summed E-state index contributed by atoms with van der Waals surface area (Å²) < 4.78 is 0. The number of aryl methyl sites for hydroxylation is 2. The summed E-state index contributed by atoms with van der Waals surface area (Å²) in [5.41, 5.74) is 2.29. The Hall–Kier alpha value is -1.49. The average Bonchev–Trinajstić information content (AvgIpc) is 2.85. The summed E-state index contributed by atoms with van der Waals surface area (Å²) in [4.78, 5) is 24.6. The number of hydrogen-bond donors (Lipinski definition) is 1. The molecule has 102 valence electrons. The third kappa shape index (κ3) is 3.50. The molecule has 1 fully saturated rings. The first-order chi connectivity index (χ1) is 9.08. The van der Waals surface area contributed by atoms with Gasteiger partial charge in [-0.15, -0.1) is 11.8 Å². The van der Waals surface area contributed by atoms with Crippen molar-refractivity contribution in [1.82, 2.24) is 4.90 Å². The van der Waals surface area contributed by atoms with Crippen LogP contribution in [0.4, 0.5) is 0 Å². The number of carboxylic acids is 1. The van der Waals surface area contributed by atoms with Gasteiger partial charge in [0.1, 0.15) is 6.04 Å². The van der Waals surface area contributed by atoms with Crippen LogP contribution in [-0.4, -0.2) is 39.6 Å². The van der Waals surface area contributed by atoms with Gasteiger partial charge in [-0.3, -0.25) is 4.79 Å². The van der Waals surface area contributed by atoms with Crippen molar-refractivity contribution in [1.29, 1.82) is 0 Å². The summed E-state index contributed by atoms with van der Waals surface area (Å²) in [5, 5.41) is 9.05. The van der Waals surface area contributed by atoms with Crippen molar-refractivity contribution in [2.45, 2.75) is 25.8 Å². The van der Waals surface area contributed by atoms with Crippen LogP contribution >= 0.6 is 11.8 Å². The lowest BCUT2D eigenvalue weighted by Gasteiger charge is -2.20. The second-order valence-corrected chi connectivity index (χ2v) is 5.71. The Labute approximate surface area is 116 Å². The second kappa shape index (κ2) is 6.10. The molecule has 0 radical (unpaired) electrons. The summed E-state index contributed by atoms with van der Waals surface area (Å²) in [6.45, 7) is 2.02. The molecule has 0 aliphatic carbocycles. The van der Waals surface area contributed by atoms with Crippen LogP contribution in [-0.2, 0) is 16.0 Å². The van der Waals surface area contributed by atoms with Crippen molar-refractivity contribution in [3.8, 4) is 0 Å². The summed E-state index contributed by atoms with van der Waals surface area (Å²) in [6, 6.07) is 7.38. The minimum Gasteiger partial charge on any atom is -0.480 e. The van der Waals surface area contributed by atoms with E-state index < -0.39 is 12.0 Å². The second-order valence-electron chi connectivity index (χ2n) is 4.71. The number of aliphatic carboxylic acids is 1. The Morgan fingerprint density at radius 3 is 2.95 bits per heavy atom. The normalized spacial score (nSPS) is 18.6. The first-order valence-electron chi connectivity index (χ1n) is 6.23. The molecule has 1 saturated heterocycles. The summed E-state index contributed by atoms with van der Waals surface area (Å²) in [7, 11) is 0. The van der Waals surface area contributed by atoms with Crippen LogP contribution in [0.15, 0.2) is 24.3 Å². The van der Waals surface area contributed by atoms with Crippen molar-refractivity contribution in [2.75, 3.05) is 11.6 Å². The van der Waals surface area contributed by atoms with E-state index in [9.17, 15) is 9.59 Å². The lowest BCUT2D eigenvalue weighted by atomic mass is 10.1. The molecule has 1 heterocycles. The van der Waals surface area contributed by atoms with E-state index in [1.165, 1.54) is 22.2 Å². The number of carbonyl (C=O) groups excluding carboxylic acids is 1. The van der Waals surface area contributed by atoms with Crippen molar-refractivity contribution in [2.24, 2.45) is 0 Å². The first-order valence-corrected chi connectivity index (χ1v) is 7.39. The van der Waals surface area contributed by atoms with Crippen molar-refractivity contribution >= 4 is 23.6 Å². The molecule has 0 bridgehead atoms. The van der Waals surface area contributed by atoms with Gasteiger partial charge in [-0.1, -0.05) is 29.8 Å². The van der Waals surface area contributed by atoms with Gasteiger partial charge in [-0.25, -0.2) is 4.79 Å². The zero-order valence-electron chi connectivity index (χ0n) is 10.8. The number of thioether (sulfide) groups is 1. The van der Waals surface area contributed by atoms with Gasteiger partial charge < -0.3 is 10.0 Å². The lowest BCUT2D eigenvalue weighted by molar-refractivity contribution is -0.147. The standard InChI is InChI=1S/C14H17NO3S/c1-10-3-2-4-11(7-10)5-6-13(16)15-9-19-8-12(15)14(17)18/h2-4,7,12H,5-6,8-9H2,1H3,(H,17,18). The SMILES string of the molecule is Cc1cccc(CCC(=O)N2CSCC2C(=O)O)c1. The molecule has 1 atom stereocenters. The molecule has 1 unspecified atom stereocenters. The average molecular weight is 279 g/mol. The molecule has 1 aromatic rings. The minimum atomic E-state index is -0.908. The van der Waals surface area contributed by atoms with Crippen LogP contribution < -0.4 is 0 Å². The molecule has 0 spiro atoms. The molecule has 1 N–H and O–H groups in total. The fourth-order valence-electron chi connectivity index (χ4n) is 2.16. The van der Waals surface area contributed by atoms with E-state index in [2.05, 4.69) is 6.07 Å². The number of rotatable bonds is 4. The molecule has 1 aliphatic heterocycles. The maximum absolute atomic E-state index is 12.1. The molecule has 1 aliphatic rings. The van der Waals surface area contributed by atoms with Gasteiger partial charge in [0, 0.05) is 12.2 Å². The van der Waals surface area contributed by atoms with Crippen LogP contribution in [0.1, 0.15) is 17.5 Å². The number of carboxylic acid groups (broad SMARTS) is 1. The Morgan fingerprint density at radius 1 is 1.47 bits per heavy atom. The van der Waals surface area contributed by atoms with Crippen LogP contribution in [0.5, 0.6) is 0 Å². The van der Waals surface area contributed by atoms with Crippen molar-refractivity contribution in [3.63, 3.8) is 0 Å². The quantitative estimate of drug-likeness (QED) is 0.914. The van der Waals surface area contributed by atoms with Crippen LogP contribution in [0, 0.1) is 6.92 Å². The Balaban J connectivity index is 1.92. The predicted molar refractivity (Wildman–Crippen MR) is 75.1 cm³/mol. The third-order valence-electron chi connectivity index (χ3n) is 3.20. The van der Waals surface area contributed by atoms with Gasteiger partial charge in [-0.2, -0.15) is 0 Å². The zero-order chi connectivity index (χ0) is 13.8. The third-order valence-corrected chi connectivity index (χ3v) is 4.21. The molecular formula is C14H17NO3S. The van der Waals surface area contributed by atoms with Gasteiger partial charge in [0.05, 0.1) is 5.88 Å². The van der Waals surface area contributed by atoms with Gasteiger partial charge in [0.2, 0.25) is 5.91 Å². The van der Waals surface area contributed by atoms with Crippen molar-refractivity contribution < 1.29 is 14.7 Å². The van der Waals surface area contributed by atoms with Crippen LogP contribution in [0.3, 0.4) is 0 Å². The number of nitrogens with zero attached hydrogens (tertiary/aromatic N) is 1. The maximum atomic E-state index is 12.1. The van der Waals surface area contributed by atoms with Crippen LogP contribution in [0.2, 0.25) is 0 Å². The highest BCUT2D eigenvalue weighted by Gasteiger charge is 2.33. The number of hydrogen-bond acceptors (Lipinski definition) is 3.